The average Bonchev–Trinajstić information content (AvgIpc) is 2.01. The van der Waals surface area contributed by atoms with E-state index in [2.05, 4.69) is 9.37 Å². The summed E-state index contributed by atoms with van der Waals surface area (Å²) in [6, 6.07) is 0. The second-order valence-electron chi connectivity index (χ2n) is 2.45. The number of esters is 1. The topological polar surface area (TPSA) is 67.8 Å². The van der Waals surface area contributed by atoms with Crippen LogP contribution in [0, 0.1) is 0 Å². The molecular formula is C7H15O5S-. The van der Waals surface area contributed by atoms with Crippen molar-refractivity contribution in [3.05, 3.63) is 0 Å². The number of hydrogen-bond acceptors (Lipinski definition) is 6. The highest BCUT2D eigenvalue weighted by atomic mass is 32.2. The van der Waals surface area contributed by atoms with Gasteiger partial charge in [0, 0.05) is 12.0 Å². The Balaban J connectivity index is 0. The van der Waals surface area contributed by atoms with Crippen molar-refractivity contribution in [1.29, 1.82) is 0 Å². The SMILES string of the molecule is C.CCOC(=O)C(C)(C)SOO[O-]. The molecule has 6 heteroatoms. The van der Waals surface area contributed by atoms with Crippen LogP contribution in [0.1, 0.15) is 28.2 Å². The van der Waals surface area contributed by atoms with Crippen LogP contribution in [0.25, 0.3) is 0 Å². The predicted molar refractivity (Wildman–Crippen MR) is 47.2 cm³/mol. The van der Waals surface area contributed by atoms with Gasteiger partial charge in [-0.3, -0.25) is 9.83 Å². The molecule has 0 heterocycles. The maximum atomic E-state index is 11.1. The van der Waals surface area contributed by atoms with Crippen molar-refractivity contribution in [3.63, 3.8) is 0 Å². The number of hydrogen-bond donors (Lipinski definition) is 0. The van der Waals surface area contributed by atoms with Crippen molar-refractivity contribution in [2.24, 2.45) is 0 Å². The summed E-state index contributed by atoms with van der Waals surface area (Å²) >= 11 is 0.617. The van der Waals surface area contributed by atoms with Crippen molar-refractivity contribution in [3.8, 4) is 0 Å². The summed E-state index contributed by atoms with van der Waals surface area (Å²) in [5.41, 5.74) is 0. The summed E-state index contributed by atoms with van der Waals surface area (Å²) < 4.78 is 7.80. The van der Waals surface area contributed by atoms with Gasteiger partial charge in [-0.25, -0.2) is 0 Å². The Morgan fingerprint density at radius 1 is 1.54 bits per heavy atom. The summed E-state index contributed by atoms with van der Waals surface area (Å²) in [4.78, 5) is 11.1. The van der Waals surface area contributed by atoms with E-state index in [1.54, 1.807) is 20.8 Å². The van der Waals surface area contributed by atoms with Gasteiger partial charge in [-0.2, -0.15) is 4.33 Å². The van der Waals surface area contributed by atoms with Crippen LogP contribution in [-0.4, -0.2) is 17.3 Å². The van der Waals surface area contributed by atoms with E-state index < -0.39 is 10.7 Å². The van der Waals surface area contributed by atoms with E-state index in [1.165, 1.54) is 0 Å². The molecule has 0 radical (unpaired) electrons. The molecule has 0 atom stereocenters. The van der Waals surface area contributed by atoms with Crippen LogP contribution in [0.15, 0.2) is 0 Å². The minimum Gasteiger partial charge on any atom is -0.691 e. The van der Waals surface area contributed by atoms with Crippen molar-refractivity contribution in [2.45, 2.75) is 32.9 Å². The molecular weight excluding hydrogens is 196 g/mol. The minimum absolute atomic E-state index is 0. The van der Waals surface area contributed by atoms with E-state index >= 15 is 0 Å². The fourth-order valence-electron chi connectivity index (χ4n) is 0.438. The maximum absolute atomic E-state index is 11.1. The van der Waals surface area contributed by atoms with Gasteiger partial charge >= 0.3 is 5.97 Å². The lowest BCUT2D eigenvalue weighted by Crippen LogP contribution is -2.30. The number of carbonyl (C=O) groups excluding carboxylic acids is 1. The zero-order valence-electron chi connectivity index (χ0n) is 7.16. The van der Waals surface area contributed by atoms with Crippen LogP contribution < -0.4 is 5.26 Å². The van der Waals surface area contributed by atoms with E-state index in [0.29, 0.717) is 18.6 Å². The molecule has 0 saturated carbocycles. The Morgan fingerprint density at radius 2 is 2.08 bits per heavy atom. The largest absolute Gasteiger partial charge is 0.691 e. The predicted octanol–water partition coefficient (Wildman–Crippen LogP) is 0.836. The van der Waals surface area contributed by atoms with Crippen molar-refractivity contribution in [2.75, 3.05) is 6.61 Å². The summed E-state index contributed by atoms with van der Waals surface area (Å²) in [6.45, 7) is 5.12. The standard InChI is InChI=1S/C6H12O5S.CH4/c1-4-9-5(7)6(2,3)12-11-10-8;/h8H,4H2,1-3H3;1H4/p-1. The van der Waals surface area contributed by atoms with Gasteiger partial charge in [-0.15, -0.1) is 0 Å². The lowest BCUT2D eigenvalue weighted by molar-refractivity contribution is -0.777. The van der Waals surface area contributed by atoms with Gasteiger partial charge in [-0.05, 0) is 20.8 Å². The molecule has 0 aliphatic heterocycles. The molecule has 80 valence electrons. The fraction of sp³-hybridized carbons (Fsp3) is 0.857. The molecule has 0 spiro atoms. The fourth-order valence-corrected chi connectivity index (χ4v) is 0.763. The van der Waals surface area contributed by atoms with Gasteiger partial charge in [0.15, 0.2) is 0 Å². The summed E-state index contributed by atoms with van der Waals surface area (Å²) in [5.74, 6) is -0.452. The molecule has 0 N–H and O–H groups in total. The zero-order chi connectivity index (χ0) is 9.61. The van der Waals surface area contributed by atoms with Gasteiger partial charge in [0.25, 0.3) is 0 Å². The summed E-state index contributed by atoms with van der Waals surface area (Å²) in [5, 5.41) is 12.6. The third-order valence-electron chi connectivity index (χ3n) is 1.04. The Labute approximate surface area is 82.4 Å². The first kappa shape index (κ1) is 15.2. The Morgan fingerprint density at radius 3 is 2.46 bits per heavy atom. The molecule has 0 bridgehead atoms. The van der Waals surface area contributed by atoms with Crippen LogP contribution in [0.5, 0.6) is 0 Å². The third-order valence-corrected chi connectivity index (χ3v) is 1.74. The molecule has 0 aromatic rings. The van der Waals surface area contributed by atoms with Gasteiger partial charge < -0.3 is 9.99 Å². The van der Waals surface area contributed by atoms with Gasteiger partial charge in [-0.1, -0.05) is 7.43 Å². The van der Waals surface area contributed by atoms with E-state index in [-0.39, 0.29) is 7.43 Å². The van der Waals surface area contributed by atoms with Crippen LogP contribution in [-0.2, 0) is 18.9 Å². The lowest BCUT2D eigenvalue weighted by atomic mass is 10.2. The second-order valence-corrected chi connectivity index (χ2v) is 3.77. The lowest BCUT2D eigenvalue weighted by Gasteiger charge is -2.19. The molecule has 0 aliphatic carbocycles. The Hall–Kier alpha value is -0.300. The molecule has 0 unspecified atom stereocenters. The molecule has 0 aromatic heterocycles. The first-order valence-electron chi connectivity index (χ1n) is 3.36. The quantitative estimate of drug-likeness (QED) is 0.290. The highest BCUT2D eigenvalue weighted by Gasteiger charge is 2.31. The zero-order valence-corrected chi connectivity index (χ0v) is 7.97. The maximum Gasteiger partial charge on any atom is 0.324 e. The van der Waals surface area contributed by atoms with Crippen molar-refractivity contribution >= 4 is 18.0 Å². The highest BCUT2D eigenvalue weighted by molar-refractivity contribution is 7.96. The first-order valence-corrected chi connectivity index (χ1v) is 4.10. The molecule has 0 fully saturated rings. The number of carbonyl (C=O) groups is 1. The summed E-state index contributed by atoms with van der Waals surface area (Å²) in [7, 11) is 0. The van der Waals surface area contributed by atoms with Gasteiger partial charge in [0.2, 0.25) is 0 Å². The molecule has 0 aliphatic rings. The summed E-state index contributed by atoms with van der Waals surface area (Å²) in [6.07, 6.45) is 0. The monoisotopic (exact) mass is 211 g/mol. The highest BCUT2D eigenvalue weighted by Crippen LogP contribution is 2.26. The van der Waals surface area contributed by atoms with Gasteiger partial charge in [0.05, 0.1) is 6.61 Å². The van der Waals surface area contributed by atoms with E-state index in [9.17, 15) is 10.1 Å². The molecule has 0 saturated heterocycles. The van der Waals surface area contributed by atoms with E-state index in [4.69, 9.17) is 4.74 Å². The smallest absolute Gasteiger partial charge is 0.324 e. The molecule has 0 amide bonds. The number of rotatable bonds is 5. The van der Waals surface area contributed by atoms with Crippen molar-refractivity contribution in [1.82, 2.24) is 0 Å². The molecule has 13 heavy (non-hydrogen) atoms. The minimum atomic E-state index is -0.930. The average molecular weight is 211 g/mol. The van der Waals surface area contributed by atoms with Crippen LogP contribution in [0.2, 0.25) is 0 Å². The van der Waals surface area contributed by atoms with Crippen LogP contribution in [0.4, 0.5) is 0 Å². The van der Waals surface area contributed by atoms with Crippen molar-refractivity contribution < 1.29 is 24.2 Å². The molecule has 5 nitrogen and oxygen atoms in total. The molecule has 0 rings (SSSR count). The first-order chi connectivity index (χ1) is 5.54. The van der Waals surface area contributed by atoms with Crippen LogP contribution >= 0.6 is 12.0 Å². The number of ether oxygens (including phenoxy) is 1. The van der Waals surface area contributed by atoms with E-state index in [0.717, 1.165) is 0 Å². The van der Waals surface area contributed by atoms with Gasteiger partial charge in [0.1, 0.15) is 4.75 Å². The molecule has 0 aromatic carbocycles. The second kappa shape index (κ2) is 7.14. The Bertz CT molecular complexity index is 148. The third kappa shape index (κ3) is 5.87. The normalized spacial score (nSPS) is 10.5. The Kier molecular flexibility index (Phi) is 8.34. The van der Waals surface area contributed by atoms with E-state index in [1.807, 2.05) is 0 Å². The van der Waals surface area contributed by atoms with Crippen LogP contribution in [0.3, 0.4) is 0 Å².